The van der Waals surface area contributed by atoms with Crippen molar-refractivity contribution in [3.63, 3.8) is 0 Å². The maximum Gasteiger partial charge on any atom is 0.0832 e. The predicted octanol–water partition coefficient (Wildman–Crippen LogP) is 0.127. The van der Waals surface area contributed by atoms with Crippen LogP contribution in [-0.2, 0) is 3.84 Å². The van der Waals surface area contributed by atoms with Gasteiger partial charge in [-0.05, 0) is 0 Å². The average molecular weight is 101 g/mol. The molecule has 0 atom stereocenters. The van der Waals surface area contributed by atoms with Crippen molar-refractivity contribution in [2.24, 2.45) is 0 Å². The van der Waals surface area contributed by atoms with E-state index in [2.05, 4.69) is 27.6 Å². The maximum absolute atomic E-state index is 4.26. The summed E-state index contributed by atoms with van der Waals surface area (Å²) in [5.41, 5.74) is 0. The molecule has 0 heterocycles. The first-order valence-electron chi connectivity index (χ1n) is 0.309. The molecule has 0 aliphatic rings. The minimum absolute atomic E-state index is 0. The molecule has 4 heavy (non-hydrogen) atoms. The average Bonchev–Trinajstić information content (AvgIpc) is 0.918. The largest absolute Gasteiger partial charge is 0.166 e. The molecule has 0 bridgehead atoms. The van der Waals surface area contributed by atoms with E-state index in [1.165, 1.54) is 0 Å². The van der Waals surface area contributed by atoms with Crippen LogP contribution in [0, 0.1) is 0 Å². The highest BCUT2D eigenvalue weighted by molar-refractivity contribution is 6.24. The second-order valence-corrected chi connectivity index (χ2v) is 0.525. The molecule has 0 aromatic carbocycles. The van der Waals surface area contributed by atoms with E-state index >= 15 is 0 Å². The molecular formula is H3BCl2O. The highest BCUT2D eigenvalue weighted by Gasteiger charge is 1.38. The van der Waals surface area contributed by atoms with E-state index in [-0.39, 0.29) is 8.41 Å². The van der Waals surface area contributed by atoms with Gasteiger partial charge in [-0.15, -0.1) is 0 Å². The summed E-state index contributed by atoms with van der Waals surface area (Å²) >= 11 is 8.53. The van der Waals surface area contributed by atoms with Crippen molar-refractivity contribution in [3.05, 3.63) is 0 Å². The van der Waals surface area contributed by atoms with Gasteiger partial charge in [-0.2, -0.15) is 3.84 Å². The SMILES string of the molecule is B.ClOCl. The lowest BCUT2D eigenvalue weighted by Crippen LogP contribution is -1.15. The first kappa shape index (κ1) is 8.82. The van der Waals surface area contributed by atoms with Crippen molar-refractivity contribution in [1.82, 2.24) is 0 Å². The number of hydrogen-bond acceptors (Lipinski definition) is 1. The van der Waals surface area contributed by atoms with Gasteiger partial charge in [0.15, 0.2) is 0 Å². The molecule has 0 saturated heterocycles. The van der Waals surface area contributed by atoms with Gasteiger partial charge in [0.1, 0.15) is 0 Å². The molecule has 4 heteroatoms. The number of hydrogen-bond donors (Lipinski definition) is 0. The maximum atomic E-state index is 4.26. The quantitative estimate of drug-likeness (QED) is 0.394. The molecule has 0 aromatic rings. The molecule has 0 aliphatic heterocycles. The highest BCUT2D eigenvalue weighted by Crippen LogP contribution is 1.78. The normalized spacial score (nSPS) is 4.50. The topological polar surface area (TPSA) is 9.23 Å². The second-order valence-electron chi connectivity index (χ2n) is 0.0583. The Morgan fingerprint density at radius 1 is 1.25 bits per heavy atom. The van der Waals surface area contributed by atoms with Gasteiger partial charge in [0.25, 0.3) is 0 Å². The van der Waals surface area contributed by atoms with Crippen LogP contribution in [0.3, 0.4) is 0 Å². The van der Waals surface area contributed by atoms with Gasteiger partial charge in [0.2, 0.25) is 0 Å². The Labute approximate surface area is 36.8 Å². The molecule has 0 amide bonds. The molecule has 0 radical (unpaired) electrons. The minimum Gasteiger partial charge on any atom is -0.166 e. The fourth-order valence-corrected chi connectivity index (χ4v) is 0. The summed E-state index contributed by atoms with van der Waals surface area (Å²) in [5, 5.41) is 0. The van der Waals surface area contributed by atoms with Gasteiger partial charge < -0.3 is 0 Å². The summed E-state index contributed by atoms with van der Waals surface area (Å²) in [6.07, 6.45) is 0. The van der Waals surface area contributed by atoms with Gasteiger partial charge in [-0.3, -0.25) is 0 Å². The van der Waals surface area contributed by atoms with Crippen LogP contribution in [0.1, 0.15) is 0 Å². The van der Waals surface area contributed by atoms with Crippen LogP contribution < -0.4 is 0 Å². The first-order valence-corrected chi connectivity index (χ1v) is 0.926. The van der Waals surface area contributed by atoms with Gasteiger partial charge in [-0.1, -0.05) is 0 Å². The van der Waals surface area contributed by atoms with Crippen molar-refractivity contribution in [2.75, 3.05) is 0 Å². The number of halogens is 2. The van der Waals surface area contributed by atoms with Crippen LogP contribution in [0.2, 0.25) is 0 Å². The minimum atomic E-state index is 0. The van der Waals surface area contributed by atoms with E-state index in [0.29, 0.717) is 0 Å². The summed E-state index contributed by atoms with van der Waals surface area (Å²) in [6.45, 7) is 0. The van der Waals surface area contributed by atoms with Gasteiger partial charge in [0, 0.05) is 0 Å². The highest BCUT2D eigenvalue weighted by atomic mass is 35.6. The van der Waals surface area contributed by atoms with E-state index in [1.54, 1.807) is 0 Å². The fraction of sp³-hybridized carbons (Fsp3) is 0. The summed E-state index contributed by atoms with van der Waals surface area (Å²) in [4.78, 5) is 0. The molecule has 0 saturated carbocycles. The van der Waals surface area contributed by atoms with Crippen molar-refractivity contribution in [2.45, 2.75) is 0 Å². The molecule has 26 valence electrons. The van der Waals surface area contributed by atoms with Crippen molar-refractivity contribution in [1.29, 1.82) is 0 Å². The lowest BCUT2D eigenvalue weighted by molar-refractivity contribution is 0.697. The van der Waals surface area contributed by atoms with E-state index in [9.17, 15) is 0 Å². The molecular weight excluding hydrogens is 97.7 g/mol. The van der Waals surface area contributed by atoms with Gasteiger partial charge >= 0.3 is 0 Å². The molecule has 0 rings (SSSR count). The Morgan fingerprint density at radius 3 is 1.25 bits per heavy atom. The molecule has 0 aromatic heterocycles. The Hall–Kier alpha value is 0.605. The zero-order chi connectivity index (χ0) is 2.71. The summed E-state index contributed by atoms with van der Waals surface area (Å²) in [7, 11) is 0. The molecule has 0 unspecified atom stereocenters. The second kappa shape index (κ2) is 9.50. The van der Waals surface area contributed by atoms with Crippen LogP contribution in [0.5, 0.6) is 0 Å². The zero-order valence-electron chi connectivity index (χ0n) is 1.16. The van der Waals surface area contributed by atoms with Crippen LogP contribution in [-0.4, -0.2) is 8.41 Å². The Bertz CT molecular complexity index is 6.00. The molecule has 0 aliphatic carbocycles. The standard InChI is InChI=1S/BH3.Cl2O/c;1-3-2/h1H3;. The van der Waals surface area contributed by atoms with Crippen LogP contribution in [0.4, 0.5) is 0 Å². The summed E-state index contributed by atoms with van der Waals surface area (Å²) in [6, 6.07) is 0. The molecule has 0 spiro atoms. The van der Waals surface area contributed by atoms with Crippen molar-refractivity contribution >= 4 is 32.1 Å². The van der Waals surface area contributed by atoms with E-state index in [4.69, 9.17) is 0 Å². The Balaban J connectivity index is 0. The first-order chi connectivity index (χ1) is 1.41. The number of rotatable bonds is 0. The smallest absolute Gasteiger partial charge is 0.0832 e. The van der Waals surface area contributed by atoms with E-state index < -0.39 is 0 Å². The van der Waals surface area contributed by atoms with Crippen LogP contribution in [0.15, 0.2) is 0 Å². The lowest BCUT2D eigenvalue weighted by Gasteiger charge is -1.46. The van der Waals surface area contributed by atoms with Crippen molar-refractivity contribution < 1.29 is 3.84 Å². The third-order valence-corrected chi connectivity index (χ3v) is 0. The van der Waals surface area contributed by atoms with Crippen LogP contribution >= 0.6 is 23.7 Å². The predicted molar refractivity (Wildman–Crippen MR) is 22.7 cm³/mol. The summed E-state index contributed by atoms with van der Waals surface area (Å²) in [5.74, 6) is 0. The summed E-state index contributed by atoms with van der Waals surface area (Å²) < 4.78 is 3.19. The Kier molecular flexibility index (Phi) is 20.9. The third kappa shape index (κ3) is 18.3. The Morgan fingerprint density at radius 2 is 1.25 bits per heavy atom. The molecule has 1 nitrogen and oxygen atoms in total. The lowest BCUT2D eigenvalue weighted by atomic mass is 10.8. The third-order valence-electron chi connectivity index (χ3n) is 0. The molecule has 0 N–H and O–H groups in total. The van der Waals surface area contributed by atoms with Crippen LogP contribution in [0.25, 0.3) is 0 Å². The van der Waals surface area contributed by atoms with Gasteiger partial charge in [0.05, 0.1) is 32.1 Å². The van der Waals surface area contributed by atoms with Gasteiger partial charge in [-0.25, -0.2) is 0 Å². The monoisotopic (exact) mass is 100.0 g/mol. The van der Waals surface area contributed by atoms with E-state index in [0.717, 1.165) is 0 Å². The zero-order valence-corrected chi connectivity index (χ0v) is 2.68. The molecule has 0 fully saturated rings. The van der Waals surface area contributed by atoms with Crippen molar-refractivity contribution in [3.8, 4) is 0 Å². The van der Waals surface area contributed by atoms with E-state index in [1.807, 2.05) is 0 Å². The fourth-order valence-electron chi connectivity index (χ4n) is 0.